The van der Waals surface area contributed by atoms with Crippen LogP contribution in [0.3, 0.4) is 0 Å². The normalized spacial score (nSPS) is 13.0. The molecule has 150 valence electrons. The van der Waals surface area contributed by atoms with E-state index < -0.39 is 6.04 Å². The number of ether oxygens (including phenoxy) is 4. The molecule has 0 amide bonds. The Balaban J connectivity index is 1.86. The summed E-state index contributed by atoms with van der Waals surface area (Å²) in [5, 5.41) is 24.1. The van der Waals surface area contributed by atoms with Crippen molar-refractivity contribution in [2.45, 2.75) is 6.04 Å². The Morgan fingerprint density at radius 1 is 0.966 bits per heavy atom. The molecule has 0 saturated heterocycles. The van der Waals surface area contributed by atoms with Crippen molar-refractivity contribution < 1.29 is 29.2 Å². The first-order chi connectivity index (χ1) is 14.1. The Morgan fingerprint density at radius 3 is 2.21 bits per heavy atom. The van der Waals surface area contributed by atoms with Crippen molar-refractivity contribution in [1.82, 2.24) is 9.97 Å². The summed E-state index contributed by atoms with van der Waals surface area (Å²) in [4.78, 5) is 8.41. The number of benzene rings is 2. The van der Waals surface area contributed by atoms with Gasteiger partial charge in [0, 0.05) is 24.0 Å². The van der Waals surface area contributed by atoms with E-state index >= 15 is 0 Å². The first-order valence-corrected chi connectivity index (χ1v) is 8.71. The minimum atomic E-state index is -0.615. The van der Waals surface area contributed by atoms with Gasteiger partial charge in [-0.15, -0.1) is 0 Å². The molecule has 4 rings (SSSR count). The van der Waals surface area contributed by atoms with Crippen molar-refractivity contribution in [1.29, 1.82) is 0 Å². The lowest BCUT2D eigenvalue weighted by molar-refractivity contribution is 0.174. The lowest BCUT2D eigenvalue weighted by Crippen LogP contribution is -2.15. The Hall–Kier alpha value is -3.88. The summed E-state index contributed by atoms with van der Waals surface area (Å²) < 4.78 is 21.3. The van der Waals surface area contributed by atoms with E-state index in [4.69, 9.17) is 18.9 Å². The fourth-order valence-electron chi connectivity index (χ4n) is 3.10. The Morgan fingerprint density at radius 2 is 1.59 bits per heavy atom. The van der Waals surface area contributed by atoms with Crippen LogP contribution < -0.4 is 24.3 Å². The maximum atomic E-state index is 10.7. The number of rotatable bonds is 6. The van der Waals surface area contributed by atoms with Crippen molar-refractivity contribution >= 4 is 5.95 Å². The van der Waals surface area contributed by atoms with Crippen LogP contribution >= 0.6 is 0 Å². The Kier molecular flexibility index (Phi) is 4.86. The third-order valence-corrected chi connectivity index (χ3v) is 4.51. The van der Waals surface area contributed by atoms with Crippen LogP contribution in [0.1, 0.15) is 17.2 Å². The van der Waals surface area contributed by atoms with E-state index in [2.05, 4.69) is 15.3 Å². The molecule has 9 nitrogen and oxygen atoms in total. The number of phenolic OH excluding ortho intramolecular Hbond substituents is 2. The molecule has 3 N–H and O–H groups in total. The third-order valence-electron chi connectivity index (χ3n) is 4.51. The number of methoxy groups -OCH3 is 2. The average molecular weight is 397 g/mol. The SMILES string of the molecule is COc1cc([C@@H](Nc2ncccn2)c2cc3c(cc2O)OCO3)cc(OC)c1O. The lowest BCUT2D eigenvalue weighted by Gasteiger charge is -2.22. The third kappa shape index (κ3) is 3.49. The lowest BCUT2D eigenvalue weighted by atomic mass is 9.96. The van der Waals surface area contributed by atoms with Gasteiger partial charge >= 0.3 is 0 Å². The van der Waals surface area contributed by atoms with Gasteiger partial charge in [-0.05, 0) is 29.8 Å². The molecule has 0 bridgehead atoms. The molecule has 9 heteroatoms. The minimum absolute atomic E-state index is 0.00584. The molecule has 0 saturated carbocycles. The molecule has 29 heavy (non-hydrogen) atoms. The van der Waals surface area contributed by atoms with Gasteiger partial charge in [-0.3, -0.25) is 0 Å². The molecule has 0 spiro atoms. The summed E-state index contributed by atoms with van der Waals surface area (Å²) in [6, 6.07) is 7.54. The van der Waals surface area contributed by atoms with E-state index in [0.29, 0.717) is 28.6 Å². The van der Waals surface area contributed by atoms with Gasteiger partial charge in [0.15, 0.2) is 23.0 Å². The number of aromatic nitrogens is 2. The summed E-state index contributed by atoms with van der Waals surface area (Å²) in [6.45, 7) is 0.0823. The first-order valence-electron chi connectivity index (χ1n) is 8.71. The van der Waals surface area contributed by atoms with E-state index in [1.54, 1.807) is 36.7 Å². The highest BCUT2D eigenvalue weighted by molar-refractivity contribution is 5.59. The van der Waals surface area contributed by atoms with Crippen molar-refractivity contribution in [2.75, 3.05) is 26.3 Å². The number of anilines is 1. The summed E-state index contributed by atoms with van der Waals surface area (Å²) in [6.07, 6.45) is 3.20. The molecule has 1 aliphatic heterocycles. The summed E-state index contributed by atoms with van der Waals surface area (Å²) in [5.41, 5.74) is 1.13. The number of phenols is 2. The van der Waals surface area contributed by atoms with Gasteiger partial charge in [0.2, 0.25) is 18.5 Å². The maximum absolute atomic E-state index is 10.7. The number of hydrogen-bond acceptors (Lipinski definition) is 9. The molecule has 0 unspecified atom stereocenters. The van der Waals surface area contributed by atoms with Crippen molar-refractivity contribution in [2.24, 2.45) is 0 Å². The number of nitrogens with one attached hydrogen (secondary N) is 1. The fraction of sp³-hybridized carbons (Fsp3) is 0.200. The highest BCUT2D eigenvalue weighted by Gasteiger charge is 2.26. The van der Waals surface area contributed by atoms with E-state index in [-0.39, 0.29) is 29.8 Å². The quantitative estimate of drug-likeness (QED) is 0.577. The van der Waals surface area contributed by atoms with Gasteiger partial charge in [-0.25, -0.2) is 9.97 Å². The summed E-state index contributed by atoms with van der Waals surface area (Å²) in [7, 11) is 2.89. The van der Waals surface area contributed by atoms with E-state index in [1.165, 1.54) is 20.3 Å². The second kappa shape index (κ2) is 7.63. The Bertz CT molecular complexity index is 1000. The van der Waals surface area contributed by atoms with Gasteiger partial charge < -0.3 is 34.5 Å². The number of nitrogens with zero attached hydrogens (tertiary/aromatic N) is 2. The zero-order valence-electron chi connectivity index (χ0n) is 15.7. The topological polar surface area (TPSA) is 115 Å². The number of fused-ring (bicyclic) bond motifs is 1. The van der Waals surface area contributed by atoms with Crippen LogP contribution in [0, 0.1) is 0 Å². The van der Waals surface area contributed by atoms with Crippen LogP contribution in [0.5, 0.6) is 34.5 Å². The number of hydrogen-bond donors (Lipinski definition) is 3. The predicted octanol–water partition coefficient (Wildman–Crippen LogP) is 2.84. The second-order valence-corrected chi connectivity index (χ2v) is 6.19. The van der Waals surface area contributed by atoms with Crippen molar-refractivity contribution in [3.8, 4) is 34.5 Å². The first kappa shape index (κ1) is 18.5. The van der Waals surface area contributed by atoms with Gasteiger partial charge in [0.1, 0.15) is 5.75 Å². The minimum Gasteiger partial charge on any atom is -0.507 e. The number of aromatic hydroxyl groups is 2. The van der Waals surface area contributed by atoms with E-state index in [9.17, 15) is 10.2 Å². The molecule has 0 fully saturated rings. The highest BCUT2D eigenvalue weighted by Crippen LogP contribution is 2.45. The molecule has 1 atom stereocenters. The maximum Gasteiger partial charge on any atom is 0.231 e. The van der Waals surface area contributed by atoms with Crippen LogP contribution in [-0.4, -0.2) is 41.2 Å². The zero-order chi connectivity index (χ0) is 20.4. The molecule has 1 aromatic heterocycles. The monoisotopic (exact) mass is 397 g/mol. The highest BCUT2D eigenvalue weighted by atomic mass is 16.7. The molecule has 2 heterocycles. The summed E-state index contributed by atoms with van der Waals surface area (Å²) >= 11 is 0. The molecule has 0 radical (unpaired) electrons. The van der Waals surface area contributed by atoms with Gasteiger partial charge in [-0.2, -0.15) is 0 Å². The standard InChI is InChI=1S/C20H19N3O6/c1-26-16-6-11(7-17(27-2)19(16)25)18(23-20-21-4-3-5-22-20)12-8-14-15(9-13(12)24)29-10-28-14/h3-9,18,24-25H,10H2,1-2H3,(H,21,22,23)/t18-/m1/s1. The fourth-order valence-corrected chi connectivity index (χ4v) is 3.10. The van der Waals surface area contributed by atoms with Crippen LogP contribution in [0.15, 0.2) is 42.7 Å². The van der Waals surface area contributed by atoms with Gasteiger partial charge in [0.25, 0.3) is 0 Å². The molecule has 2 aromatic carbocycles. The zero-order valence-corrected chi connectivity index (χ0v) is 15.7. The van der Waals surface area contributed by atoms with E-state index in [1.807, 2.05) is 0 Å². The molecular weight excluding hydrogens is 378 g/mol. The molecule has 3 aromatic rings. The van der Waals surface area contributed by atoms with Crippen LogP contribution in [-0.2, 0) is 0 Å². The second-order valence-electron chi connectivity index (χ2n) is 6.19. The van der Waals surface area contributed by atoms with Crippen molar-refractivity contribution in [3.05, 3.63) is 53.9 Å². The molecule has 0 aliphatic carbocycles. The largest absolute Gasteiger partial charge is 0.507 e. The van der Waals surface area contributed by atoms with Crippen LogP contribution in [0.25, 0.3) is 0 Å². The molecule has 1 aliphatic rings. The predicted molar refractivity (Wildman–Crippen MR) is 103 cm³/mol. The average Bonchev–Trinajstić information content (AvgIpc) is 3.20. The van der Waals surface area contributed by atoms with Gasteiger partial charge in [-0.1, -0.05) is 0 Å². The summed E-state index contributed by atoms with van der Waals surface area (Å²) in [5.74, 6) is 1.64. The molecular formula is C20H19N3O6. The van der Waals surface area contributed by atoms with Crippen LogP contribution in [0.4, 0.5) is 5.95 Å². The Labute approximate surface area is 166 Å². The van der Waals surface area contributed by atoms with E-state index in [0.717, 1.165) is 0 Å². The van der Waals surface area contributed by atoms with Crippen LogP contribution in [0.2, 0.25) is 0 Å². The van der Waals surface area contributed by atoms with Gasteiger partial charge in [0.05, 0.1) is 20.3 Å². The van der Waals surface area contributed by atoms with Crippen molar-refractivity contribution in [3.63, 3.8) is 0 Å². The smallest absolute Gasteiger partial charge is 0.231 e.